The first-order chi connectivity index (χ1) is 18.5. The fourth-order valence-electron chi connectivity index (χ4n) is 7.51. The van der Waals surface area contributed by atoms with Gasteiger partial charge < -0.3 is 14.4 Å². The summed E-state index contributed by atoms with van der Waals surface area (Å²) in [7, 11) is 0. The molecule has 3 aliphatic heterocycles. The molecule has 2 saturated carbocycles. The van der Waals surface area contributed by atoms with Gasteiger partial charge in [-0.1, -0.05) is 6.42 Å². The van der Waals surface area contributed by atoms with Gasteiger partial charge in [-0.25, -0.2) is 0 Å². The molecule has 206 valence electrons. The number of amides is 3. The van der Waals surface area contributed by atoms with E-state index in [0.717, 1.165) is 36.2 Å². The Morgan fingerprint density at radius 2 is 1.74 bits per heavy atom. The molecule has 38 heavy (non-hydrogen) atoms. The second-order valence-electron chi connectivity index (χ2n) is 11.9. The molecule has 1 unspecified atom stereocenters. The summed E-state index contributed by atoms with van der Waals surface area (Å²) in [4.78, 5) is 41.2. The lowest BCUT2D eigenvalue weighted by molar-refractivity contribution is -0.136. The number of hydrogen-bond acceptors (Lipinski definition) is 6. The van der Waals surface area contributed by atoms with Crippen molar-refractivity contribution in [3.63, 3.8) is 0 Å². The molecule has 1 aromatic rings. The maximum atomic E-state index is 13.0. The molecule has 0 bridgehead atoms. The third kappa shape index (κ3) is 5.09. The van der Waals surface area contributed by atoms with Gasteiger partial charge in [0.2, 0.25) is 11.8 Å². The van der Waals surface area contributed by atoms with E-state index in [-0.39, 0.29) is 30.2 Å². The molecule has 3 atom stereocenters. The number of carbonyl (C=O) groups excluding carboxylic acids is 3. The summed E-state index contributed by atoms with van der Waals surface area (Å²) in [6.07, 6.45) is 11.0. The SMILES string of the molecule is CCOC1CCC(C2CN([C@@H]3CCCC[C@@H]3Oc3ccc4c(c3)CN(C3CCC(=O)NC3=O)C4=O)C2)CC1. The fraction of sp³-hybridized carbons (Fsp3) is 0.700. The normalized spacial score (nSPS) is 32.6. The van der Waals surface area contributed by atoms with Crippen LogP contribution in [0.3, 0.4) is 0 Å². The average Bonchev–Trinajstić information content (AvgIpc) is 3.20. The van der Waals surface area contributed by atoms with E-state index in [1.165, 1.54) is 58.0 Å². The minimum absolute atomic E-state index is 0.140. The van der Waals surface area contributed by atoms with Gasteiger partial charge in [-0.3, -0.25) is 24.6 Å². The summed E-state index contributed by atoms with van der Waals surface area (Å²) in [6, 6.07) is 5.60. The van der Waals surface area contributed by atoms with E-state index in [0.29, 0.717) is 30.7 Å². The number of ether oxygens (including phenoxy) is 2. The molecule has 0 aromatic heterocycles. The number of carbonyl (C=O) groups is 3. The number of imide groups is 1. The van der Waals surface area contributed by atoms with Gasteiger partial charge in [0.1, 0.15) is 17.9 Å². The third-order valence-electron chi connectivity index (χ3n) is 9.65. The van der Waals surface area contributed by atoms with Gasteiger partial charge in [0.15, 0.2) is 0 Å². The Morgan fingerprint density at radius 1 is 0.947 bits per heavy atom. The molecule has 2 aliphatic carbocycles. The fourth-order valence-corrected chi connectivity index (χ4v) is 7.51. The van der Waals surface area contributed by atoms with Crippen molar-refractivity contribution in [1.82, 2.24) is 15.1 Å². The van der Waals surface area contributed by atoms with E-state index in [1.807, 2.05) is 18.2 Å². The van der Waals surface area contributed by atoms with E-state index in [2.05, 4.69) is 17.1 Å². The topological polar surface area (TPSA) is 88.2 Å². The van der Waals surface area contributed by atoms with Crippen molar-refractivity contribution in [3.8, 4) is 5.75 Å². The summed E-state index contributed by atoms with van der Waals surface area (Å²) in [5.41, 5.74) is 1.53. The van der Waals surface area contributed by atoms with Crippen LogP contribution in [0, 0.1) is 11.8 Å². The number of nitrogens with one attached hydrogen (secondary N) is 1. The molecule has 1 aromatic carbocycles. The first-order valence-electron chi connectivity index (χ1n) is 14.8. The predicted molar refractivity (Wildman–Crippen MR) is 142 cm³/mol. The third-order valence-corrected chi connectivity index (χ3v) is 9.65. The van der Waals surface area contributed by atoms with Gasteiger partial charge in [-0.05, 0) is 93.9 Å². The zero-order valence-corrected chi connectivity index (χ0v) is 22.5. The van der Waals surface area contributed by atoms with E-state index < -0.39 is 6.04 Å². The monoisotopic (exact) mass is 523 g/mol. The molecule has 0 radical (unpaired) electrons. The molecular formula is C30H41N3O5. The number of benzene rings is 1. The molecule has 3 heterocycles. The van der Waals surface area contributed by atoms with Crippen LogP contribution in [0.4, 0.5) is 0 Å². The van der Waals surface area contributed by atoms with Crippen LogP contribution in [-0.2, 0) is 20.9 Å². The molecule has 5 aliphatic rings. The first-order valence-corrected chi connectivity index (χ1v) is 14.8. The summed E-state index contributed by atoms with van der Waals surface area (Å²) in [6.45, 7) is 5.68. The molecule has 4 fully saturated rings. The second kappa shape index (κ2) is 11.0. The minimum Gasteiger partial charge on any atom is -0.489 e. The zero-order chi connectivity index (χ0) is 26.2. The maximum absolute atomic E-state index is 13.0. The van der Waals surface area contributed by atoms with Crippen LogP contribution in [0.25, 0.3) is 0 Å². The predicted octanol–water partition coefficient (Wildman–Crippen LogP) is 3.66. The first kappa shape index (κ1) is 25.8. The number of rotatable bonds is 7. The minimum atomic E-state index is -0.590. The van der Waals surface area contributed by atoms with Crippen LogP contribution >= 0.6 is 0 Å². The van der Waals surface area contributed by atoms with Crippen molar-refractivity contribution in [3.05, 3.63) is 29.3 Å². The van der Waals surface area contributed by atoms with Crippen molar-refractivity contribution >= 4 is 17.7 Å². The van der Waals surface area contributed by atoms with E-state index >= 15 is 0 Å². The summed E-state index contributed by atoms with van der Waals surface area (Å²) in [5.74, 6) is 1.68. The molecule has 3 amide bonds. The van der Waals surface area contributed by atoms with Crippen LogP contribution in [0.1, 0.15) is 87.1 Å². The Kier molecular flexibility index (Phi) is 7.45. The van der Waals surface area contributed by atoms with Crippen LogP contribution < -0.4 is 10.1 Å². The Hall–Kier alpha value is -2.45. The van der Waals surface area contributed by atoms with Crippen LogP contribution in [0.5, 0.6) is 5.75 Å². The zero-order valence-electron chi connectivity index (χ0n) is 22.5. The van der Waals surface area contributed by atoms with Gasteiger partial charge in [-0.2, -0.15) is 0 Å². The molecule has 0 spiro atoms. The lowest BCUT2D eigenvalue weighted by Crippen LogP contribution is -2.59. The highest BCUT2D eigenvalue weighted by atomic mass is 16.5. The molecule has 2 saturated heterocycles. The number of piperidine rings is 1. The molecule has 8 heteroatoms. The van der Waals surface area contributed by atoms with Crippen LogP contribution in [0.2, 0.25) is 0 Å². The Bertz CT molecular complexity index is 1060. The number of fused-ring (bicyclic) bond motifs is 1. The van der Waals surface area contributed by atoms with Gasteiger partial charge >= 0.3 is 0 Å². The lowest BCUT2D eigenvalue weighted by atomic mass is 9.74. The van der Waals surface area contributed by atoms with Crippen molar-refractivity contribution < 1.29 is 23.9 Å². The Morgan fingerprint density at radius 3 is 2.50 bits per heavy atom. The highest BCUT2D eigenvalue weighted by Gasteiger charge is 2.43. The average molecular weight is 524 g/mol. The maximum Gasteiger partial charge on any atom is 0.255 e. The van der Waals surface area contributed by atoms with Crippen LogP contribution in [0.15, 0.2) is 18.2 Å². The van der Waals surface area contributed by atoms with Gasteiger partial charge in [0.05, 0.1) is 6.10 Å². The van der Waals surface area contributed by atoms with Crippen molar-refractivity contribution in [2.24, 2.45) is 11.8 Å². The molecule has 1 N–H and O–H groups in total. The smallest absolute Gasteiger partial charge is 0.255 e. The standard InChI is InChI=1S/C30H41N3O5/c1-2-37-22-9-7-19(8-10-22)21-16-32(17-21)25-5-3-4-6-27(25)38-23-11-12-24-20(15-23)18-33(30(24)36)26-13-14-28(34)31-29(26)35/h11-12,15,19,21-22,25-27H,2-10,13-14,16-18H2,1H3,(H,31,34,35)/t19?,22?,25-,26?,27+/m1/s1. The van der Waals surface area contributed by atoms with Gasteiger partial charge in [0, 0.05) is 44.3 Å². The summed E-state index contributed by atoms with van der Waals surface area (Å²) in [5, 5.41) is 2.37. The molecule has 6 rings (SSSR count). The van der Waals surface area contributed by atoms with Gasteiger partial charge in [-0.15, -0.1) is 0 Å². The molecular weight excluding hydrogens is 482 g/mol. The Balaban J connectivity index is 1.05. The van der Waals surface area contributed by atoms with E-state index in [1.54, 1.807) is 4.90 Å². The summed E-state index contributed by atoms with van der Waals surface area (Å²) >= 11 is 0. The summed E-state index contributed by atoms with van der Waals surface area (Å²) < 4.78 is 12.5. The number of likely N-dealkylation sites (tertiary alicyclic amines) is 1. The quantitative estimate of drug-likeness (QED) is 0.549. The largest absolute Gasteiger partial charge is 0.489 e. The second-order valence-corrected chi connectivity index (χ2v) is 11.9. The van der Waals surface area contributed by atoms with Crippen molar-refractivity contribution in [2.45, 2.75) is 102 Å². The van der Waals surface area contributed by atoms with E-state index in [9.17, 15) is 14.4 Å². The number of nitrogens with zero attached hydrogens (tertiary/aromatic N) is 2. The molecule has 8 nitrogen and oxygen atoms in total. The van der Waals surface area contributed by atoms with Crippen molar-refractivity contribution in [1.29, 1.82) is 0 Å². The highest BCUT2D eigenvalue weighted by Crippen LogP contribution is 2.40. The van der Waals surface area contributed by atoms with Crippen molar-refractivity contribution in [2.75, 3.05) is 19.7 Å². The van der Waals surface area contributed by atoms with Crippen LogP contribution in [-0.4, -0.2) is 71.5 Å². The Labute approximate surface area is 225 Å². The highest BCUT2D eigenvalue weighted by molar-refractivity contribution is 6.05. The van der Waals surface area contributed by atoms with Gasteiger partial charge in [0.25, 0.3) is 5.91 Å². The number of hydrogen-bond donors (Lipinski definition) is 1. The lowest BCUT2D eigenvalue weighted by Gasteiger charge is -2.51. The van der Waals surface area contributed by atoms with E-state index in [4.69, 9.17) is 9.47 Å².